The molecule has 2 atom stereocenters. The number of unbranched alkanes of at least 4 members (excludes halogenated alkanes) is 28. The molecular weight excluding hydrogens is 767 g/mol. The number of likely N-dealkylation sites (N-methyl/N-ethyl adjacent to an activating group) is 1. The van der Waals surface area contributed by atoms with Crippen molar-refractivity contribution < 1.29 is 42.9 Å². The number of quaternary nitrogens is 1. The molecule has 0 amide bonds. The van der Waals surface area contributed by atoms with Crippen LogP contribution in [0.3, 0.4) is 0 Å². The molecule has 0 bridgehead atoms. The fourth-order valence-corrected chi connectivity index (χ4v) is 7.21. The van der Waals surface area contributed by atoms with Gasteiger partial charge in [-0.1, -0.05) is 199 Å². The van der Waals surface area contributed by atoms with Crippen LogP contribution in [0.15, 0.2) is 24.3 Å². The first kappa shape index (κ1) is 58.8. The van der Waals surface area contributed by atoms with E-state index in [4.69, 9.17) is 18.9 Å². The normalized spacial score (nSPS) is 13.0. The van der Waals surface area contributed by atoms with Gasteiger partial charge in [-0.05, 0) is 44.9 Å². The number of hydrogen-bond donors (Lipinski definition) is 0. The number of esters is 2. The maximum atomic E-state index is 12.8. The molecule has 0 saturated heterocycles. The van der Waals surface area contributed by atoms with Gasteiger partial charge < -0.3 is 33.3 Å². The van der Waals surface area contributed by atoms with Crippen molar-refractivity contribution in [1.82, 2.24) is 0 Å². The van der Waals surface area contributed by atoms with Crippen LogP contribution in [0.2, 0.25) is 0 Å². The zero-order valence-electron chi connectivity index (χ0n) is 40.5. The van der Waals surface area contributed by atoms with Crippen LogP contribution in [-0.4, -0.2) is 82.3 Å². The molecule has 0 spiro atoms. The number of rotatable bonds is 47. The number of nitrogens with zero attached hydrogens (tertiary/aromatic N) is 1. The average molecular weight is 864 g/mol. The lowest BCUT2D eigenvalue weighted by Crippen LogP contribution is -2.44. The number of allylic oxidation sites excluding steroid dienone is 4. The summed E-state index contributed by atoms with van der Waals surface area (Å²) >= 11 is 0. The van der Waals surface area contributed by atoms with E-state index in [1.807, 2.05) is 21.1 Å². The van der Waals surface area contributed by atoms with Gasteiger partial charge in [0.15, 0.2) is 12.4 Å². The molecule has 0 radical (unpaired) electrons. The lowest BCUT2D eigenvalue weighted by atomic mass is 10.0. The average Bonchev–Trinajstić information content (AvgIpc) is 3.22. The minimum absolute atomic E-state index is 0.148. The van der Waals surface area contributed by atoms with Gasteiger partial charge in [0.05, 0.1) is 40.3 Å². The molecule has 0 aromatic carbocycles. The molecule has 0 aliphatic rings. The monoisotopic (exact) mass is 864 g/mol. The Kier molecular flexibility index (Phi) is 42.8. The maximum absolute atomic E-state index is 12.8. The molecule has 0 aromatic heterocycles. The highest BCUT2D eigenvalue weighted by molar-refractivity contribution is 5.70. The number of carbonyl (C=O) groups excluding carboxylic acids is 3. The molecule has 9 nitrogen and oxygen atoms in total. The van der Waals surface area contributed by atoms with Crippen LogP contribution in [0.1, 0.15) is 232 Å². The predicted octanol–water partition coefficient (Wildman–Crippen LogP) is 12.7. The Labute approximate surface area is 376 Å². The van der Waals surface area contributed by atoms with Crippen molar-refractivity contribution in [1.29, 1.82) is 0 Å². The molecule has 0 aliphatic heterocycles. The lowest BCUT2D eigenvalue weighted by Gasteiger charge is -2.26. The summed E-state index contributed by atoms with van der Waals surface area (Å²) in [5.74, 6) is -2.28. The van der Waals surface area contributed by atoms with Crippen LogP contribution in [0.5, 0.6) is 0 Å². The SMILES string of the molecule is CCCCC/C=C\C/C=C\CCCCCCCCCC(=O)OC(COC(=O)CCCCCCCCCCCCCCCCCCCCC)COC(OCC[N+](C)(C)C)C(=O)[O-]. The number of carbonyl (C=O) groups is 3. The van der Waals surface area contributed by atoms with Crippen LogP contribution in [0.4, 0.5) is 0 Å². The van der Waals surface area contributed by atoms with Crippen molar-refractivity contribution >= 4 is 17.9 Å². The zero-order valence-corrected chi connectivity index (χ0v) is 40.5. The second kappa shape index (κ2) is 44.4. The molecule has 2 unspecified atom stereocenters. The Morgan fingerprint density at radius 3 is 1.33 bits per heavy atom. The Balaban J connectivity index is 4.33. The fourth-order valence-electron chi connectivity index (χ4n) is 7.21. The van der Waals surface area contributed by atoms with Crippen LogP contribution in [0.25, 0.3) is 0 Å². The predicted molar refractivity (Wildman–Crippen MR) is 251 cm³/mol. The lowest BCUT2D eigenvalue weighted by molar-refractivity contribution is -0.870. The van der Waals surface area contributed by atoms with E-state index in [9.17, 15) is 19.5 Å². The Morgan fingerprint density at radius 2 is 0.885 bits per heavy atom. The molecule has 0 aromatic rings. The second-order valence-corrected chi connectivity index (χ2v) is 18.5. The number of carboxylic acid groups (broad SMARTS) is 1. The van der Waals surface area contributed by atoms with Crippen LogP contribution in [0, 0.1) is 0 Å². The van der Waals surface area contributed by atoms with Gasteiger partial charge in [-0.2, -0.15) is 0 Å². The number of aliphatic carboxylic acids is 1. The van der Waals surface area contributed by atoms with Crippen molar-refractivity contribution in [3.8, 4) is 0 Å². The van der Waals surface area contributed by atoms with E-state index in [-0.39, 0.29) is 32.2 Å². The third-order valence-electron chi connectivity index (χ3n) is 11.2. The van der Waals surface area contributed by atoms with Gasteiger partial charge in [0.25, 0.3) is 0 Å². The third-order valence-corrected chi connectivity index (χ3v) is 11.2. The van der Waals surface area contributed by atoms with Crippen LogP contribution >= 0.6 is 0 Å². The van der Waals surface area contributed by atoms with E-state index in [2.05, 4.69) is 38.2 Å². The maximum Gasteiger partial charge on any atom is 0.306 e. The van der Waals surface area contributed by atoms with Crippen molar-refractivity contribution in [3.63, 3.8) is 0 Å². The molecule has 0 heterocycles. The quantitative estimate of drug-likeness (QED) is 0.0195. The minimum Gasteiger partial charge on any atom is -0.545 e. The summed E-state index contributed by atoms with van der Waals surface area (Å²) in [5, 5.41) is 11.7. The van der Waals surface area contributed by atoms with Crippen molar-refractivity contribution in [3.05, 3.63) is 24.3 Å². The van der Waals surface area contributed by atoms with E-state index in [1.54, 1.807) is 0 Å². The van der Waals surface area contributed by atoms with Crippen LogP contribution in [-0.2, 0) is 33.3 Å². The molecule has 0 fully saturated rings. The van der Waals surface area contributed by atoms with Gasteiger partial charge in [-0.3, -0.25) is 9.59 Å². The number of carboxylic acids is 1. The van der Waals surface area contributed by atoms with Gasteiger partial charge in [-0.15, -0.1) is 0 Å². The van der Waals surface area contributed by atoms with Crippen LogP contribution < -0.4 is 5.11 Å². The van der Waals surface area contributed by atoms with Gasteiger partial charge in [-0.25, -0.2) is 0 Å². The van der Waals surface area contributed by atoms with E-state index < -0.39 is 24.3 Å². The molecule has 0 aliphatic carbocycles. The first-order valence-electron chi connectivity index (χ1n) is 25.5. The van der Waals surface area contributed by atoms with E-state index in [0.717, 1.165) is 51.4 Å². The topological polar surface area (TPSA) is 111 Å². The largest absolute Gasteiger partial charge is 0.545 e. The molecule has 0 N–H and O–H groups in total. The standard InChI is InChI=1S/C52H97NO8/c1-6-8-10-12-14-16-18-20-22-24-25-27-28-30-32-34-36-38-40-42-49(54)59-46-48(47-60-52(51(56)57)58-45-44-53(3,4)5)61-50(55)43-41-39-37-35-33-31-29-26-23-21-19-17-15-13-11-9-7-2/h15,17,21,23,48,52H,6-14,16,18-20,22,24-47H2,1-5H3/b17-15-,23-21-. The molecule has 9 heteroatoms. The van der Waals surface area contributed by atoms with Crippen molar-refractivity contribution in [2.24, 2.45) is 0 Å². The number of hydrogen-bond acceptors (Lipinski definition) is 8. The summed E-state index contributed by atoms with van der Waals surface area (Å²) in [6.07, 6.45) is 46.3. The summed E-state index contributed by atoms with van der Waals surface area (Å²) in [5.41, 5.74) is 0. The molecule has 358 valence electrons. The highest BCUT2D eigenvalue weighted by Gasteiger charge is 2.22. The third kappa shape index (κ3) is 45.6. The van der Waals surface area contributed by atoms with Crippen molar-refractivity contribution in [2.75, 3.05) is 47.5 Å². The highest BCUT2D eigenvalue weighted by Crippen LogP contribution is 2.16. The Bertz CT molecular complexity index is 1050. The zero-order chi connectivity index (χ0) is 44.9. The minimum atomic E-state index is -1.62. The molecule has 0 saturated carbocycles. The van der Waals surface area contributed by atoms with Gasteiger partial charge >= 0.3 is 11.9 Å². The summed E-state index contributed by atoms with van der Waals surface area (Å²) in [4.78, 5) is 37.1. The van der Waals surface area contributed by atoms with Gasteiger partial charge in [0.2, 0.25) is 0 Å². The van der Waals surface area contributed by atoms with Gasteiger partial charge in [0, 0.05) is 12.8 Å². The highest BCUT2D eigenvalue weighted by atomic mass is 16.7. The van der Waals surface area contributed by atoms with E-state index >= 15 is 0 Å². The first-order valence-corrected chi connectivity index (χ1v) is 25.5. The smallest absolute Gasteiger partial charge is 0.306 e. The first-order chi connectivity index (χ1) is 29.6. The summed E-state index contributed by atoms with van der Waals surface area (Å²) in [6, 6.07) is 0. The summed E-state index contributed by atoms with van der Waals surface area (Å²) < 4.78 is 22.6. The fraction of sp³-hybridized carbons (Fsp3) is 0.865. The molecule has 61 heavy (non-hydrogen) atoms. The summed E-state index contributed by atoms with van der Waals surface area (Å²) in [7, 11) is 5.92. The van der Waals surface area contributed by atoms with Crippen molar-refractivity contribution in [2.45, 2.75) is 245 Å². The van der Waals surface area contributed by atoms with E-state index in [1.165, 1.54) is 148 Å². The number of ether oxygens (including phenoxy) is 4. The molecule has 0 rings (SSSR count). The van der Waals surface area contributed by atoms with Gasteiger partial charge in [0.1, 0.15) is 13.2 Å². The second-order valence-electron chi connectivity index (χ2n) is 18.5. The molecular formula is C52H97NO8. The van der Waals surface area contributed by atoms with E-state index in [0.29, 0.717) is 23.9 Å². The summed E-state index contributed by atoms with van der Waals surface area (Å²) in [6.45, 7) is 4.74. The Hall–Kier alpha value is -2.23. The Morgan fingerprint density at radius 1 is 0.492 bits per heavy atom.